The monoisotopic (exact) mass is 388 g/mol. The number of phenols is 1. The molecule has 0 atom stereocenters. The summed E-state index contributed by atoms with van der Waals surface area (Å²) in [7, 11) is 1.62. The van der Waals surface area contributed by atoms with Crippen molar-refractivity contribution in [1.29, 1.82) is 0 Å². The molecule has 0 saturated carbocycles. The van der Waals surface area contributed by atoms with Crippen LogP contribution in [0.2, 0.25) is 0 Å². The number of hydrogen-bond donors (Lipinski definition) is 1. The zero-order chi connectivity index (χ0) is 20.2. The lowest BCUT2D eigenvalue weighted by molar-refractivity contribution is 0.318. The quantitative estimate of drug-likeness (QED) is 0.450. The Kier molecular flexibility index (Phi) is 5.16. The van der Waals surface area contributed by atoms with E-state index in [1.165, 1.54) is 0 Å². The Hall–Kier alpha value is -3.80. The van der Waals surface area contributed by atoms with Gasteiger partial charge in [0, 0.05) is 23.4 Å². The summed E-state index contributed by atoms with van der Waals surface area (Å²) in [5, 5.41) is 10.3. The van der Waals surface area contributed by atoms with Crippen molar-refractivity contribution in [2.24, 2.45) is 4.99 Å². The zero-order valence-electron chi connectivity index (χ0n) is 16.1. The maximum absolute atomic E-state index is 10.3. The number of aliphatic imine (C=N–C) groups is 1. The molecule has 0 aliphatic heterocycles. The van der Waals surface area contributed by atoms with Gasteiger partial charge in [-0.2, -0.15) is 0 Å². The average molecular weight is 388 g/mol. The van der Waals surface area contributed by atoms with Crippen LogP contribution in [-0.4, -0.2) is 30.0 Å². The topological polar surface area (TPSA) is 77.1 Å². The second-order valence-electron chi connectivity index (χ2n) is 6.28. The normalized spacial score (nSPS) is 11.2. The number of hydrogen-bond acceptors (Lipinski definition) is 6. The van der Waals surface area contributed by atoms with Gasteiger partial charge in [0.15, 0.2) is 17.1 Å². The molecule has 3 aromatic carbocycles. The standard InChI is InChI=1S/C23H20N2O4/c1-3-28-21-6-4-5-16(22(21)26)14-24-17-9-7-15(8-10-17)23-25-19-13-18(27-2)11-12-20(19)29-23/h4-14,26H,3H2,1-2H3. The highest BCUT2D eigenvalue weighted by Crippen LogP contribution is 2.30. The largest absolute Gasteiger partial charge is 0.504 e. The SMILES string of the molecule is CCOc1cccc(C=Nc2ccc(-c3nc4cc(OC)ccc4o3)cc2)c1O. The Balaban J connectivity index is 1.55. The summed E-state index contributed by atoms with van der Waals surface area (Å²) in [6.07, 6.45) is 1.61. The Morgan fingerprint density at radius 1 is 1.10 bits per heavy atom. The van der Waals surface area contributed by atoms with Crippen molar-refractivity contribution in [3.63, 3.8) is 0 Å². The summed E-state index contributed by atoms with van der Waals surface area (Å²) in [5.74, 6) is 1.79. The number of para-hydroxylation sites is 1. The number of nitrogens with zero attached hydrogens (tertiary/aromatic N) is 2. The van der Waals surface area contributed by atoms with Gasteiger partial charge in [-0.1, -0.05) is 6.07 Å². The molecule has 1 N–H and O–H groups in total. The molecule has 0 aliphatic carbocycles. The highest BCUT2D eigenvalue weighted by Gasteiger charge is 2.09. The molecule has 4 rings (SSSR count). The van der Waals surface area contributed by atoms with E-state index in [1.807, 2.05) is 55.5 Å². The Labute approximate surface area is 168 Å². The molecule has 6 nitrogen and oxygen atoms in total. The lowest BCUT2D eigenvalue weighted by Crippen LogP contribution is -1.93. The van der Waals surface area contributed by atoms with Gasteiger partial charge in [0.2, 0.25) is 5.89 Å². The van der Waals surface area contributed by atoms with E-state index in [9.17, 15) is 5.11 Å². The van der Waals surface area contributed by atoms with Crippen LogP contribution in [-0.2, 0) is 0 Å². The minimum absolute atomic E-state index is 0.0802. The number of aromatic hydroxyl groups is 1. The van der Waals surface area contributed by atoms with E-state index in [1.54, 1.807) is 25.5 Å². The van der Waals surface area contributed by atoms with Crippen LogP contribution in [0, 0.1) is 0 Å². The number of fused-ring (bicyclic) bond motifs is 1. The Bertz CT molecular complexity index is 1160. The second-order valence-corrected chi connectivity index (χ2v) is 6.28. The number of rotatable bonds is 6. The molecule has 0 aliphatic rings. The first kappa shape index (κ1) is 18.6. The highest BCUT2D eigenvalue weighted by atomic mass is 16.5. The van der Waals surface area contributed by atoms with Gasteiger partial charge in [-0.15, -0.1) is 0 Å². The molecular weight excluding hydrogens is 368 g/mol. The highest BCUT2D eigenvalue weighted by molar-refractivity contribution is 5.86. The molecule has 146 valence electrons. The van der Waals surface area contributed by atoms with Gasteiger partial charge in [0.1, 0.15) is 11.3 Å². The molecule has 0 spiro atoms. The van der Waals surface area contributed by atoms with Crippen molar-refractivity contribution in [3.05, 3.63) is 66.2 Å². The minimum Gasteiger partial charge on any atom is -0.504 e. The molecule has 0 unspecified atom stereocenters. The van der Waals surface area contributed by atoms with Crippen molar-refractivity contribution < 1.29 is 19.0 Å². The van der Waals surface area contributed by atoms with E-state index in [0.29, 0.717) is 29.4 Å². The van der Waals surface area contributed by atoms with Crippen molar-refractivity contribution >= 4 is 23.0 Å². The van der Waals surface area contributed by atoms with Crippen molar-refractivity contribution in [1.82, 2.24) is 4.98 Å². The predicted molar refractivity (Wildman–Crippen MR) is 113 cm³/mol. The predicted octanol–water partition coefficient (Wildman–Crippen LogP) is 5.36. The fourth-order valence-electron chi connectivity index (χ4n) is 2.91. The maximum Gasteiger partial charge on any atom is 0.227 e. The first-order valence-electron chi connectivity index (χ1n) is 9.22. The summed E-state index contributed by atoms with van der Waals surface area (Å²) in [6, 6.07) is 18.4. The van der Waals surface area contributed by atoms with Gasteiger partial charge >= 0.3 is 0 Å². The first-order valence-corrected chi connectivity index (χ1v) is 9.22. The van der Waals surface area contributed by atoms with Crippen LogP contribution in [0.15, 0.2) is 70.1 Å². The number of aromatic nitrogens is 1. The molecule has 29 heavy (non-hydrogen) atoms. The van der Waals surface area contributed by atoms with E-state index in [0.717, 1.165) is 22.5 Å². The van der Waals surface area contributed by atoms with Crippen LogP contribution in [0.1, 0.15) is 12.5 Å². The van der Waals surface area contributed by atoms with E-state index in [4.69, 9.17) is 13.9 Å². The van der Waals surface area contributed by atoms with Gasteiger partial charge < -0.3 is 19.0 Å². The third kappa shape index (κ3) is 3.91. The lowest BCUT2D eigenvalue weighted by Gasteiger charge is -2.07. The summed E-state index contributed by atoms with van der Waals surface area (Å²) in [5.41, 5.74) is 3.62. The minimum atomic E-state index is 0.0802. The molecule has 6 heteroatoms. The molecule has 4 aromatic rings. The maximum atomic E-state index is 10.3. The molecular formula is C23H20N2O4. The van der Waals surface area contributed by atoms with Crippen LogP contribution in [0.3, 0.4) is 0 Å². The molecule has 1 heterocycles. The molecule has 0 radical (unpaired) electrons. The summed E-state index contributed by atoms with van der Waals surface area (Å²) in [6.45, 7) is 2.35. The number of methoxy groups -OCH3 is 1. The van der Waals surface area contributed by atoms with Crippen molar-refractivity contribution in [2.45, 2.75) is 6.92 Å². The number of ether oxygens (including phenoxy) is 2. The third-order valence-electron chi connectivity index (χ3n) is 4.39. The first-order chi connectivity index (χ1) is 14.2. The van der Waals surface area contributed by atoms with Gasteiger partial charge in [-0.25, -0.2) is 4.98 Å². The molecule has 0 saturated heterocycles. The Morgan fingerprint density at radius 3 is 2.69 bits per heavy atom. The van der Waals surface area contributed by atoms with E-state index < -0.39 is 0 Å². The number of oxazole rings is 1. The van der Waals surface area contributed by atoms with Gasteiger partial charge in [-0.3, -0.25) is 4.99 Å². The average Bonchev–Trinajstić information content (AvgIpc) is 3.18. The summed E-state index contributed by atoms with van der Waals surface area (Å²) >= 11 is 0. The third-order valence-corrected chi connectivity index (χ3v) is 4.39. The van der Waals surface area contributed by atoms with Crippen LogP contribution < -0.4 is 9.47 Å². The lowest BCUT2D eigenvalue weighted by atomic mass is 10.2. The molecule has 0 amide bonds. The summed E-state index contributed by atoms with van der Waals surface area (Å²) in [4.78, 5) is 8.95. The Morgan fingerprint density at radius 2 is 1.93 bits per heavy atom. The van der Waals surface area contributed by atoms with Gasteiger partial charge in [0.25, 0.3) is 0 Å². The van der Waals surface area contributed by atoms with Crippen molar-refractivity contribution in [3.8, 4) is 28.7 Å². The fourth-order valence-corrected chi connectivity index (χ4v) is 2.91. The van der Waals surface area contributed by atoms with Crippen LogP contribution in [0.25, 0.3) is 22.6 Å². The molecule has 0 bridgehead atoms. The van der Waals surface area contributed by atoms with Gasteiger partial charge in [0.05, 0.1) is 19.4 Å². The van der Waals surface area contributed by atoms with Crippen LogP contribution in [0.5, 0.6) is 17.2 Å². The molecule has 1 aromatic heterocycles. The number of phenolic OH excluding ortho intramolecular Hbond substituents is 1. The second kappa shape index (κ2) is 8.06. The van der Waals surface area contributed by atoms with Crippen LogP contribution >= 0.6 is 0 Å². The van der Waals surface area contributed by atoms with E-state index in [-0.39, 0.29) is 5.75 Å². The smallest absolute Gasteiger partial charge is 0.227 e. The fraction of sp³-hybridized carbons (Fsp3) is 0.130. The number of benzene rings is 3. The summed E-state index contributed by atoms with van der Waals surface area (Å²) < 4.78 is 16.4. The van der Waals surface area contributed by atoms with Crippen LogP contribution in [0.4, 0.5) is 5.69 Å². The van der Waals surface area contributed by atoms with Crippen molar-refractivity contribution in [2.75, 3.05) is 13.7 Å². The zero-order valence-corrected chi connectivity index (χ0v) is 16.1. The molecule has 0 fully saturated rings. The van der Waals surface area contributed by atoms with Gasteiger partial charge in [-0.05, 0) is 55.5 Å². The van der Waals surface area contributed by atoms with E-state index in [2.05, 4.69) is 9.98 Å². The van der Waals surface area contributed by atoms with E-state index >= 15 is 0 Å².